The van der Waals surface area contributed by atoms with Crippen molar-refractivity contribution < 1.29 is 14.0 Å². The Kier molecular flexibility index (Phi) is 1.55. The van der Waals surface area contributed by atoms with Crippen molar-refractivity contribution in [3.05, 3.63) is 11.9 Å². The number of halogens is 1. The van der Waals surface area contributed by atoms with Crippen molar-refractivity contribution in [2.75, 3.05) is 14.1 Å². The van der Waals surface area contributed by atoms with E-state index >= 15 is 0 Å². The number of hydrogen-bond acceptors (Lipinski definition) is 2. The number of ketones is 1. The van der Waals surface area contributed by atoms with Crippen molar-refractivity contribution in [1.29, 1.82) is 0 Å². The van der Waals surface area contributed by atoms with Gasteiger partial charge in [0.1, 0.15) is 0 Å². The van der Waals surface area contributed by atoms with Crippen molar-refractivity contribution in [3.63, 3.8) is 0 Å². The van der Waals surface area contributed by atoms with Crippen LogP contribution < -0.4 is 0 Å². The molecule has 0 N–H and O–H groups in total. The maximum Gasteiger partial charge on any atom is 0.226 e. The maximum absolute atomic E-state index is 12.6. The molecule has 0 saturated heterocycles. The van der Waals surface area contributed by atoms with E-state index in [1.54, 1.807) is 14.1 Å². The topological polar surface area (TPSA) is 37.4 Å². The highest BCUT2D eigenvalue weighted by atomic mass is 19.1. The minimum absolute atomic E-state index is 0.0768. The molecule has 3 nitrogen and oxygen atoms in total. The smallest absolute Gasteiger partial charge is 0.226 e. The molecular formula is C9H10FNO2. The van der Waals surface area contributed by atoms with Crippen molar-refractivity contribution in [2.24, 2.45) is 17.8 Å². The fourth-order valence-corrected chi connectivity index (χ4v) is 1.91. The van der Waals surface area contributed by atoms with Crippen LogP contribution in [-0.4, -0.2) is 30.7 Å². The second-order valence-corrected chi connectivity index (χ2v) is 3.74. The minimum atomic E-state index is -0.669. The van der Waals surface area contributed by atoms with Gasteiger partial charge in [-0.25, -0.2) is 4.39 Å². The molecule has 0 aromatic heterocycles. The van der Waals surface area contributed by atoms with Gasteiger partial charge < -0.3 is 4.90 Å². The molecule has 0 bridgehead atoms. The van der Waals surface area contributed by atoms with E-state index in [9.17, 15) is 14.0 Å². The van der Waals surface area contributed by atoms with E-state index in [0.717, 1.165) is 0 Å². The SMILES string of the molecule is CN(C)C(=O)[C@H]1[C@@H]2C=C(F)C(=O)[C@@H]21. The summed E-state index contributed by atoms with van der Waals surface area (Å²) >= 11 is 0. The first-order valence-corrected chi connectivity index (χ1v) is 4.16. The molecule has 0 radical (unpaired) electrons. The number of nitrogens with zero attached hydrogens (tertiary/aromatic N) is 1. The lowest BCUT2D eigenvalue weighted by molar-refractivity contribution is -0.132. The van der Waals surface area contributed by atoms with Gasteiger partial charge >= 0.3 is 0 Å². The Morgan fingerprint density at radius 3 is 2.54 bits per heavy atom. The first-order chi connectivity index (χ1) is 6.04. The number of hydrogen-bond donors (Lipinski definition) is 0. The Morgan fingerprint density at radius 2 is 2.15 bits per heavy atom. The zero-order valence-corrected chi connectivity index (χ0v) is 7.45. The van der Waals surface area contributed by atoms with Crippen molar-refractivity contribution in [3.8, 4) is 0 Å². The number of amides is 1. The van der Waals surface area contributed by atoms with E-state index in [4.69, 9.17) is 0 Å². The Labute approximate surface area is 75.2 Å². The summed E-state index contributed by atoms with van der Waals surface area (Å²) in [5, 5.41) is 0. The minimum Gasteiger partial charge on any atom is -0.349 e. The van der Waals surface area contributed by atoms with E-state index in [1.165, 1.54) is 11.0 Å². The van der Waals surface area contributed by atoms with Crippen LogP contribution in [0, 0.1) is 17.8 Å². The van der Waals surface area contributed by atoms with Gasteiger partial charge in [0, 0.05) is 25.9 Å². The molecule has 2 aliphatic rings. The lowest BCUT2D eigenvalue weighted by atomic mass is 10.2. The monoisotopic (exact) mass is 183 g/mol. The zero-order chi connectivity index (χ0) is 9.75. The highest BCUT2D eigenvalue weighted by molar-refractivity contribution is 6.05. The van der Waals surface area contributed by atoms with Crippen LogP contribution in [0.3, 0.4) is 0 Å². The molecule has 0 spiro atoms. The van der Waals surface area contributed by atoms with Gasteiger partial charge in [-0.1, -0.05) is 0 Å². The van der Waals surface area contributed by atoms with E-state index < -0.39 is 17.5 Å². The molecular weight excluding hydrogens is 173 g/mol. The van der Waals surface area contributed by atoms with Crippen molar-refractivity contribution in [1.82, 2.24) is 4.90 Å². The molecule has 0 heterocycles. The quantitative estimate of drug-likeness (QED) is 0.589. The van der Waals surface area contributed by atoms with Crippen LogP contribution in [0.4, 0.5) is 4.39 Å². The summed E-state index contributed by atoms with van der Waals surface area (Å²) in [5.74, 6) is -2.09. The number of carbonyl (C=O) groups is 2. The molecule has 1 fully saturated rings. The molecule has 0 aromatic carbocycles. The van der Waals surface area contributed by atoms with Gasteiger partial charge in [0.25, 0.3) is 0 Å². The predicted molar refractivity (Wildman–Crippen MR) is 43.4 cm³/mol. The summed E-state index contributed by atoms with van der Waals surface area (Å²) in [4.78, 5) is 23.9. The molecule has 1 saturated carbocycles. The average Bonchev–Trinajstić information content (AvgIpc) is 2.68. The third-order valence-electron chi connectivity index (χ3n) is 2.68. The molecule has 0 unspecified atom stereocenters. The van der Waals surface area contributed by atoms with Crippen LogP contribution in [-0.2, 0) is 9.59 Å². The summed E-state index contributed by atoms with van der Waals surface area (Å²) in [5.41, 5.74) is 0. The zero-order valence-electron chi connectivity index (χ0n) is 7.45. The number of fused-ring (bicyclic) bond motifs is 1. The van der Waals surface area contributed by atoms with Gasteiger partial charge in [0.05, 0.1) is 5.92 Å². The highest BCUT2D eigenvalue weighted by Gasteiger charge is 2.62. The number of rotatable bonds is 1. The van der Waals surface area contributed by atoms with Gasteiger partial charge in [-0.3, -0.25) is 9.59 Å². The fraction of sp³-hybridized carbons (Fsp3) is 0.556. The first kappa shape index (κ1) is 8.41. The van der Waals surface area contributed by atoms with Gasteiger partial charge in [-0.05, 0) is 6.08 Å². The molecule has 1 amide bonds. The maximum atomic E-state index is 12.6. The van der Waals surface area contributed by atoms with Gasteiger partial charge in [-0.2, -0.15) is 0 Å². The summed E-state index contributed by atoms with van der Waals surface area (Å²) < 4.78 is 12.6. The largest absolute Gasteiger partial charge is 0.349 e. The van der Waals surface area contributed by atoms with Gasteiger partial charge in [-0.15, -0.1) is 0 Å². The molecule has 70 valence electrons. The molecule has 2 rings (SSSR count). The average molecular weight is 183 g/mol. The van der Waals surface area contributed by atoms with Crippen molar-refractivity contribution >= 4 is 11.7 Å². The molecule has 2 aliphatic carbocycles. The second-order valence-electron chi connectivity index (χ2n) is 3.74. The molecule has 3 atom stereocenters. The predicted octanol–water partition coefficient (Wildman–Crippen LogP) is 0.373. The first-order valence-electron chi connectivity index (χ1n) is 4.16. The van der Waals surface area contributed by atoms with Crippen LogP contribution in [0.5, 0.6) is 0 Å². The summed E-state index contributed by atoms with van der Waals surface area (Å²) in [6.07, 6.45) is 1.28. The van der Waals surface area contributed by atoms with E-state index in [0.29, 0.717) is 0 Å². The normalized spacial score (nSPS) is 35.5. The fourth-order valence-electron chi connectivity index (χ4n) is 1.91. The van der Waals surface area contributed by atoms with Crippen LogP contribution in [0.15, 0.2) is 11.9 Å². The second kappa shape index (κ2) is 2.40. The number of Topliss-reactive ketones (excluding diaryl/α,β-unsaturated/α-hetero) is 1. The Balaban J connectivity index is 2.12. The lowest BCUT2D eigenvalue weighted by Crippen LogP contribution is -2.25. The summed E-state index contributed by atoms with van der Waals surface area (Å²) in [6, 6.07) is 0. The Bertz CT molecular complexity index is 322. The Hall–Kier alpha value is -1.19. The Morgan fingerprint density at radius 1 is 1.54 bits per heavy atom. The molecule has 0 aromatic rings. The highest BCUT2D eigenvalue weighted by Crippen LogP contribution is 2.54. The van der Waals surface area contributed by atoms with E-state index in [2.05, 4.69) is 0 Å². The molecule has 13 heavy (non-hydrogen) atoms. The lowest BCUT2D eigenvalue weighted by Gasteiger charge is -2.09. The van der Waals surface area contributed by atoms with Crippen LogP contribution in [0.2, 0.25) is 0 Å². The number of allylic oxidation sites excluding steroid dienone is 2. The standard InChI is InChI=1S/C9H10FNO2/c1-11(2)9(13)7-4-3-5(10)8(12)6(4)7/h3-4,6-7H,1-2H3/t4-,6+,7+/m1/s1. The summed E-state index contributed by atoms with van der Waals surface area (Å²) in [6.45, 7) is 0. The van der Waals surface area contributed by atoms with Gasteiger partial charge in [0.15, 0.2) is 11.6 Å². The van der Waals surface area contributed by atoms with Crippen LogP contribution in [0.1, 0.15) is 0 Å². The van der Waals surface area contributed by atoms with E-state index in [1.807, 2.05) is 0 Å². The molecule has 4 heteroatoms. The van der Waals surface area contributed by atoms with Crippen LogP contribution in [0.25, 0.3) is 0 Å². The summed E-state index contributed by atoms with van der Waals surface area (Å²) in [7, 11) is 3.28. The molecule has 0 aliphatic heterocycles. The van der Waals surface area contributed by atoms with Gasteiger partial charge in [0.2, 0.25) is 5.91 Å². The third kappa shape index (κ3) is 1.01. The van der Waals surface area contributed by atoms with E-state index in [-0.39, 0.29) is 17.7 Å². The van der Waals surface area contributed by atoms with Crippen LogP contribution >= 0.6 is 0 Å². The third-order valence-corrected chi connectivity index (χ3v) is 2.68. The van der Waals surface area contributed by atoms with Crippen molar-refractivity contribution in [2.45, 2.75) is 0 Å². The number of carbonyl (C=O) groups excluding carboxylic acids is 2.